The third kappa shape index (κ3) is 1.20. The summed E-state index contributed by atoms with van der Waals surface area (Å²) in [5.41, 5.74) is -0.699. The molecule has 11 heavy (non-hydrogen) atoms. The molecule has 0 N–H and O–H groups in total. The molecule has 0 amide bonds. The van der Waals surface area contributed by atoms with Crippen LogP contribution in [0, 0.1) is 23.5 Å². The van der Waals surface area contributed by atoms with Gasteiger partial charge in [-0.2, -0.15) is 13.8 Å². The molecule has 0 aliphatic heterocycles. The van der Waals surface area contributed by atoms with Gasteiger partial charge in [0.15, 0.2) is 11.6 Å². The van der Waals surface area contributed by atoms with Crippen molar-refractivity contribution in [3.05, 3.63) is 23.5 Å². The molecule has 0 fully saturated rings. The Labute approximate surface area is 60.5 Å². The predicted octanol–water partition coefficient (Wildman–Crippen LogP) is -0.104. The van der Waals surface area contributed by atoms with Crippen LogP contribution in [0.2, 0.25) is 0 Å². The number of aromatic nitrogens is 1. The van der Waals surface area contributed by atoms with Gasteiger partial charge in [-0.05, 0) is 5.46 Å². The first-order chi connectivity index (χ1) is 5.04. The van der Waals surface area contributed by atoms with Gasteiger partial charge in [0, 0.05) is 0 Å². The molecule has 0 unspecified atom stereocenters. The molecule has 0 aromatic carbocycles. The zero-order valence-corrected chi connectivity index (χ0v) is 5.46. The van der Waals surface area contributed by atoms with Gasteiger partial charge in [-0.3, -0.25) is 0 Å². The summed E-state index contributed by atoms with van der Waals surface area (Å²) in [6, 6.07) is 0. The highest BCUT2D eigenvalue weighted by Crippen LogP contribution is 2.04. The molecule has 1 rings (SSSR count). The molecule has 0 saturated heterocycles. The Bertz CT molecular complexity index is 275. The fraction of sp³-hybridized carbons (Fsp3) is 0. The maximum absolute atomic E-state index is 12.3. The first kappa shape index (κ1) is 8.04. The summed E-state index contributed by atoms with van der Waals surface area (Å²) in [6.45, 7) is 0. The van der Waals surface area contributed by atoms with E-state index in [1.807, 2.05) is 0 Å². The Kier molecular flexibility index (Phi) is 1.84. The number of halogens is 4. The largest absolute Gasteiger partial charge is 0.251 e. The molecule has 1 heterocycles. The van der Waals surface area contributed by atoms with Crippen LogP contribution in [-0.4, -0.2) is 12.8 Å². The van der Waals surface area contributed by atoms with Gasteiger partial charge in [0.05, 0.1) is 0 Å². The summed E-state index contributed by atoms with van der Waals surface area (Å²) in [4.78, 5) is 2.35. The van der Waals surface area contributed by atoms with Crippen LogP contribution in [-0.2, 0) is 0 Å². The van der Waals surface area contributed by atoms with Crippen LogP contribution in [0.5, 0.6) is 0 Å². The van der Waals surface area contributed by atoms with E-state index in [2.05, 4.69) is 4.98 Å². The van der Waals surface area contributed by atoms with E-state index in [0.29, 0.717) is 0 Å². The van der Waals surface area contributed by atoms with Crippen LogP contribution in [0.3, 0.4) is 0 Å². The third-order valence-electron chi connectivity index (χ3n) is 1.22. The minimum Gasteiger partial charge on any atom is -0.202 e. The number of hydrogen-bond acceptors (Lipinski definition) is 1. The van der Waals surface area contributed by atoms with E-state index in [1.165, 1.54) is 0 Å². The van der Waals surface area contributed by atoms with Crippen LogP contribution in [0.4, 0.5) is 17.6 Å². The molecule has 0 aliphatic rings. The standard InChI is InChI=1S/C5H2BF4N/c6-1-2(7)4(9)11-5(10)3(1)8/h6H2. The van der Waals surface area contributed by atoms with Crippen molar-refractivity contribution in [1.29, 1.82) is 0 Å². The Morgan fingerprint density at radius 1 is 0.909 bits per heavy atom. The molecule has 0 aliphatic carbocycles. The van der Waals surface area contributed by atoms with Crippen LogP contribution in [0.1, 0.15) is 0 Å². The van der Waals surface area contributed by atoms with Crippen LogP contribution < -0.4 is 5.46 Å². The number of hydrogen-bond donors (Lipinski definition) is 0. The van der Waals surface area contributed by atoms with Gasteiger partial charge in [-0.15, -0.1) is 0 Å². The second-order valence-electron chi connectivity index (χ2n) is 1.95. The molecule has 58 valence electrons. The lowest BCUT2D eigenvalue weighted by Gasteiger charge is -1.98. The maximum Gasteiger partial charge on any atom is 0.251 e. The van der Waals surface area contributed by atoms with Crippen molar-refractivity contribution in [3.8, 4) is 0 Å². The molecule has 0 radical (unpaired) electrons. The molecule has 0 atom stereocenters. The quantitative estimate of drug-likeness (QED) is 0.295. The smallest absolute Gasteiger partial charge is 0.202 e. The van der Waals surface area contributed by atoms with Crippen molar-refractivity contribution in [3.63, 3.8) is 0 Å². The van der Waals surface area contributed by atoms with Crippen molar-refractivity contribution in [2.45, 2.75) is 0 Å². The molecule has 0 spiro atoms. The van der Waals surface area contributed by atoms with Crippen molar-refractivity contribution < 1.29 is 17.6 Å². The van der Waals surface area contributed by atoms with E-state index in [-0.39, 0.29) is 0 Å². The van der Waals surface area contributed by atoms with Crippen LogP contribution in [0.25, 0.3) is 0 Å². The summed E-state index contributed by atoms with van der Waals surface area (Å²) in [6.07, 6.45) is 0. The average Bonchev–Trinajstić information content (AvgIpc) is 1.97. The third-order valence-corrected chi connectivity index (χ3v) is 1.22. The molecule has 1 aromatic rings. The van der Waals surface area contributed by atoms with Crippen LogP contribution in [0.15, 0.2) is 0 Å². The van der Waals surface area contributed by atoms with Gasteiger partial charge in [-0.1, -0.05) is 0 Å². The van der Waals surface area contributed by atoms with Crippen molar-refractivity contribution in [1.82, 2.24) is 4.98 Å². The number of nitrogens with zero attached hydrogens (tertiary/aromatic N) is 1. The molecule has 6 heteroatoms. The van der Waals surface area contributed by atoms with Gasteiger partial charge in [0.25, 0.3) is 11.9 Å². The summed E-state index contributed by atoms with van der Waals surface area (Å²) in [5.74, 6) is -6.16. The topological polar surface area (TPSA) is 12.9 Å². The van der Waals surface area contributed by atoms with Gasteiger partial charge in [0.1, 0.15) is 7.85 Å². The van der Waals surface area contributed by atoms with Gasteiger partial charge < -0.3 is 0 Å². The monoisotopic (exact) mass is 163 g/mol. The van der Waals surface area contributed by atoms with Crippen molar-refractivity contribution in [2.24, 2.45) is 0 Å². The molecular formula is C5H2BF4N. The lowest BCUT2D eigenvalue weighted by Crippen LogP contribution is -2.20. The van der Waals surface area contributed by atoms with Crippen molar-refractivity contribution in [2.75, 3.05) is 0 Å². The Hall–Kier alpha value is -1.07. The van der Waals surface area contributed by atoms with E-state index in [0.717, 1.165) is 7.85 Å². The Morgan fingerprint density at radius 3 is 1.64 bits per heavy atom. The lowest BCUT2D eigenvalue weighted by molar-refractivity contribution is 0.414. The maximum atomic E-state index is 12.3. The second-order valence-corrected chi connectivity index (χ2v) is 1.95. The SMILES string of the molecule is Bc1c(F)c(F)nc(F)c1F. The van der Waals surface area contributed by atoms with Gasteiger partial charge >= 0.3 is 0 Å². The van der Waals surface area contributed by atoms with E-state index >= 15 is 0 Å². The molecule has 0 saturated carbocycles. The number of pyridine rings is 1. The average molecular weight is 163 g/mol. The summed E-state index contributed by atoms with van der Waals surface area (Å²) >= 11 is 0. The lowest BCUT2D eigenvalue weighted by atomic mass is 9.96. The van der Waals surface area contributed by atoms with Gasteiger partial charge in [0.2, 0.25) is 0 Å². The predicted molar refractivity (Wildman–Crippen MR) is 32.2 cm³/mol. The second kappa shape index (κ2) is 2.52. The van der Waals surface area contributed by atoms with E-state index in [9.17, 15) is 17.6 Å². The fourth-order valence-corrected chi connectivity index (χ4v) is 0.590. The summed E-state index contributed by atoms with van der Waals surface area (Å²) in [7, 11) is 0.929. The zero-order chi connectivity index (χ0) is 8.59. The Morgan fingerprint density at radius 2 is 1.27 bits per heavy atom. The van der Waals surface area contributed by atoms with E-state index < -0.39 is 29.0 Å². The fourth-order valence-electron chi connectivity index (χ4n) is 0.590. The van der Waals surface area contributed by atoms with Crippen molar-refractivity contribution >= 4 is 13.3 Å². The number of rotatable bonds is 0. The Balaban J connectivity index is 3.46. The highest BCUT2D eigenvalue weighted by molar-refractivity contribution is 6.32. The first-order valence-corrected chi connectivity index (χ1v) is 2.70. The molecular weight excluding hydrogens is 161 g/mol. The zero-order valence-electron chi connectivity index (χ0n) is 5.46. The van der Waals surface area contributed by atoms with E-state index in [4.69, 9.17) is 0 Å². The molecule has 1 aromatic heterocycles. The van der Waals surface area contributed by atoms with Crippen LogP contribution >= 0.6 is 0 Å². The summed E-state index contributed by atoms with van der Waals surface area (Å²) in [5, 5.41) is 0. The first-order valence-electron chi connectivity index (χ1n) is 2.70. The minimum absolute atomic E-state index is 0.699. The highest BCUT2D eigenvalue weighted by Gasteiger charge is 2.15. The van der Waals surface area contributed by atoms with E-state index in [1.54, 1.807) is 0 Å². The highest BCUT2D eigenvalue weighted by atomic mass is 19.2. The molecule has 1 nitrogen and oxygen atoms in total. The minimum atomic E-state index is -1.62. The summed E-state index contributed by atoms with van der Waals surface area (Å²) < 4.78 is 48.9. The molecule has 0 bridgehead atoms. The normalized spacial score (nSPS) is 10.2. The van der Waals surface area contributed by atoms with Gasteiger partial charge in [-0.25, -0.2) is 8.78 Å².